The van der Waals surface area contributed by atoms with Crippen molar-refractivity contribution in [3.8, 4) is 0 Å². The molecule has 0 radical (unpaired) electrons. The van der Waals surface area contributed by atoms with Crippen LogP contribution in [0.25, 0.3) is 0 Å². The third-order valence-corrected chi connectivity index (χ3v) is 4.67. The van der Waals surface area contributed by atoms with E-state index in [1.54, 1.807) is 0 Å². The first-order valence-corrected chi connectivity index (χ1v) is 9.15. The van der Waals surface area contributed by atoms with Crippen LogP contribution in [0.2, 0.25) is 0 Å². The van der Waals surface area contributed by atoms with E-state index in [4.69, 9.17) is 5.73 Å². The van der Waals surface area contributed by atoms with Crippen LogP contribution in [-0.4, -0.2) is 54.8 Å². The summed E-state index contributed by atoms with van der Waals surface area (Å²) in [7, 11) is 0. The highest BCUT2D eigenvalue weighted by Crippen LogP contribution is 2.28. The van der Waals surface area contributed by atoms with Crippen molar-refractivity contribution >= 4 is 17.7 Å². The summed E-state index contributed by atoms with van der Waals surface area (Å²) >= 11 is 0. The first-order valence-electron chi connectivity index (χ1n) is 9.15. The molecule has 1 unspecified atom stereocenters. The van der Waals surface area contributed by atoms with Gasteiger partial charge in [-0.3, -0.25) is 14.4 Å². The average molecular weight is 338 g/mol. The van der Waals surface area contributed by atoms with Crippen molar-refractivity contribution in [3.05, 3.63) is 0 Å². The third kappa shape index (κ3) is 6.11. The lowest BCUT2D eigenvalue weighted by molar-refractivity contribution is -0.135. The molecule has 1 aliphatic heterocycles. The summed E-state index contributed by atoms with van der Waals surface area (Å²) in [6.07, 6.45) is 6.44. The molecule has 136 valence electrons. The molecular formula is C17H30N4O3. The van der Waals surface area contributed by atoms with E-state index in [9.17, 15) is 14.4 Å². The number of carbonyl (C=O) groups excluding carboxylic acids is 3. The quantitative estimate of drug-likeness (QED) is 0.520. The Balaban J connectivity index is 1.68. The monoisotopic (exact) mass is 338 g/mol. The van der Waals surface area contributed by atoms with Gasteiger partial charge in [-0.1, -0.05) is 0 Å². The molecule has 3 amide bonds. The molecule has 0 spiro atoms. The van der Waals surface area contributed by atoms with E-state index >= 15 is 0 Å². The molecule has 0 aromatic heterocycles. The summed E-state index contributed by atoms with van der Waals surface area (Å²) < 4.78 is 0. The van der Waals surface area contributed by atoms with Gasteiger partial charge in [-0.15, -0.1) is 0 Å². The van der Waals surface area contributed by atoms with Crippen molar-refractivity contribution in [2.45, 2.75) is 57.4 Å². The Kier molecular flexibility index (Phi) is 7.49. The Morgan fingerprint density at radius 3 is 2.54 bits per heavy atom. The number of piperidine rings is 1. The molecule has 0 aromatic carbocycles. The second-order valence-corrected chi connectivity index (χ2v) is 6.75. The lowest BCUT2D eigenvalue weighted by Gasteiger charge is -2.36. The smallest absolute Gasteiger partial charge is 0.223 e. The number of likely N-dealkylation sites (tertiary alicyclic amines) is 1. The van der Waals surface area contributed by atoms with Crippen molar-refractivity contribution in [1.29, 1.82) is 0 Å². The maximum absolute atomic E-state index is 12.5. The van der Waals surface area contributed by atoms with Crippen molar-refractivity contribution in [1.82, 2.24) is 15.5 Å². The minimum atomic E-state index is -0.0572. The van der Waals surface area contributed by atoms with Gasteiger partial charge in [-0.05, 0) is 38.5 Å². The predicted molar refractivity (Wildman–Crippen MR) is 91.0 cm³/mol. The van der Waals surface area contributed by atoms with Crippen LogP contribution in [0.15, 0.2) is 0 Å². The van der Waals surface area contributed by atoms with Crippen LogP contribution in [0.5, 0.6) is 0 Å². The number of amides is 3. The maximum Gasteiger partial charge on any atom is 0.223 e. The van der Waals surface area contributed by atoms with Crippen LogP contribution < -0.4 is 16.4 Å². The highest BCUT2D eigenvalue weighted by molar-refractivity contribution is 5.81. The Bertz CT molecular complexity index is 451. The fourth-order valence-corrected chi connectivity index (χ4v) is 3.08. The number of carbonyl (C=O) groups is 3. The van der Waals surface area contributed by atoms with Gasteiger partial charge in [0.15, 0.2) is 0 Å². The maximum atomic E-state index is 12.5. The van der Waals surface area contributed by atoms with Crippen molar-refractivity contribution < 1.29 is 14.4 Å². The summed E-state index contributed by atoms with van der Waals surface area (Å²) in [5, 5.41) is 5.76. The number of nitrogens with one attached hydrogen (secondary N) is 2. The number of nitrogens with zero attached hydrogens (tertiary/aromatic N) is 1. The van der Waals surface area contributed by atoms with Crippen molar-refractivity contribution in [2.24, 2.45) is 11.7 Å². The zero-order valence-electron chi connectivity index (χ0n) is 14.4. The van der Waals surface area contributed by atoms with E-state index < -0.39 is 0 Å². The molecule has 0 aromatic rings. The molecule has 1 atom stereocenters. The molecule has 4 N–H and O–H groups in total. The molecule has 1 saturated heterocycles. The number of rotatable bonds is 9. The lowest BCUT2D eigenvalue weighted by Crippen LogP contribution is -2.49. The summed E-state index contributed by atoms with van der Waals surface area (Å²) in [6.45, 7) is 2.16. The molecule has 1 saturated carbocycles. The fourth-order valence-electron chi connectivity index (χ4n) is 3.08. The number of hydrogen-bond donors (Lipinski definition) is 3. The largest absolute Gasteiger partial charge is 0.356 e. The van der Waals surface area contributed by atoms with E-state index in [0.29, 0.717) is 38.9 Å². The minimum Gasteiger partial charge on any atom is -0.356 e. The number of nitrogens with two attached hydrogens (primary N) is 1. The van der Waals surface area contributed by atoms with Crippen LogP contribution in [0, 0.1) is 5.92 Å². The van der Waals surface area contributed by atoms with Crippen LogP contribution >= 0.6 is 0 Å². The molecule has 2 rings (SSSR count). The zero-order valence-corrected chi connectivity index (χ0v) is 14.4. The molecule has 1 aliphatic carbocycles. The van der Waals surface area contributed by atoms with Crippen molar-refractivity contribution in [2.75, 3.05) is 26.2 Å². The molecule has 7 nitrogen and oxygen atoms in total. The van der Waals surface area contributed by atoms with Gasteiger partial charge in [0.2, 0.25) is 17.7 Å². The summed E-state index contributed by atoms with van der Waals surface area (Å²) in [5.74, 6) is 0.400. The van der Waals surface area contributed by atoms with Crippen LogP contribution in [0.4, 0.5) is 0 Å². The van der Waals surface area contributed by atoms with Crippen LogP contribution in [-0.2, 0) is 14.4 Å². The molecule has 0 bridgehead atoms. The van der Waals surface area contributed by atoms with Crippen molar-refractivity contribution in [3.63, 3.8) is 0 Å². The van der Waals surface area contributed by atoms with E-state index in [1.807, 2.05) is 4.90 Å². The topological polar surface area (TPSA) is 105 Å². The van der Waals surface area contributed by atoms with Gasteiger partial charge in [0.05, 0.1) is 0 Å². The first kappa shape index (κ1) is 18.7. The number of hydrogen-bond acceptors (Lipinski definition) is 4. The average Bonchev–Trinajstić information content (AvgIpc) is 3.42. The summed E-state index contributed by atoms with van der Waals surface area (Å²) in [5.41, 5.74) is 5.37. The fraction of sp³-hybridized carbons (Fsp3) is 0.824. The molecule has 7 heteroatoms. The summed E-state index contributed by atoms with van der Waals surface area (Å²) in [6, 6.07) is 0.0778. The van der Waals surface area contributed by atoms with Gasteiger partial charge in [-0.25, -0.2) is 0 Å². The van der Waals surface area contributed by atoms with E-state index in [-0.39, 0.29) is 29.7 Å². The van der Waals surface area contributed by atoms with Gasteiger partial charge in [0, 0.05) is 51.0 Å². The SMILES string of the molecule is NCCC(=O)NCC1CCCCN1C(=O)CCCNC(=O)C1CC1. The Labute approximate surface area is 143 Å². The Morgan fingerprint density at radius 2 is 1.83 bits per heavy atom. The minimum absolute atomic E-state index is 0.0572. The van der Waals surface area contributed by atoms with Gasteiger partial charge >= 0.3 is 0 Å². The summed E-state index contributed by atoms with van der Waals surface area (Å²) in [4.78, 5) is 37.5. The van der Waals surface area contributed by atoms with Crippen LogP contribution in [0.3, 0.4) is 0 Å². The Morgan fingerprint density at radius 1 is 1.04 bits per heavy atom. The normalized spacial score (nSPS) is 20.5. The first-order chi connectivity index (χ1) is 11.6. The van der Waals surface area contributed by atoms with E-state index in [2.05, 4.69) is 10.6 Å². The second-order valence-electron chi connectivity index (χ2n) is 6.75. The van der Waals surface area contributed by atoms with Gasteiger partial charge in [-0.2, -0.15) is 0 Å². The highest BCUT2D eigenvalue weighted by atomic mass is 16.2. The van der Waals surface area contributed by atoms with E-state index in [0.717, 1.165) is 38.6 Å². The van der Waals surface area contributed by atoms with Gasteiger partial charge in [0.25, 0.3) is 0 Å². The zero-order chi connectivity index (χ0) is 17.4. The second kappa shape index (κ2) is 9.61. The third-order valence-electron chi connectivity index (χ3n) is 4.67. The molecule has 1 heterocycles. The van der Waals surface area contributed by atoms with Gasteiger partial charge in [0.1, 0.15) is 0 Å². The molecule has 24 heavy (non-hydrogen) atoms. The van der Waals surface area contributed by atoms with Gasteiger partial charge < -0.3 is 21.3 Å². The molecular weight excluding hydrogens is 308 g/mol. The predicted octanol–water partition coefficient (Wildman–Crippen LogP) is 0.139. The Hall–Kier alpha value is -1.63. The standard InChI is InChI=1S/C17H30N4O3/c18-9-8-15(22)20-12-14-4-1-2-11-21(14)16(23)5-3-10-19-17(24)13-6-7-13/h13-14H,1-12,18H2,(H,19,24)(H,20,22). The molecule has 2 fully saturated rings. The highest BCUT2D eigenvalue weighted by Gasteiger charge is 2.29. The molecule has 2 aliphatic rings. The van der Waals surface area contributed by atoms with E-state index in [1.165, 1.54) is 0 Å². The van der Waals surface area contributed by atoms with Crippen LogP contribution in [0.1, 0.15) is 51.4 Å². The lowest BCUT2D eigenvalue weighted by atomic mass is 10.0.